The average Bonchev–Trinajstić information content (AvgIpc) is 2.40. The second kappa shape index (κ2) is 5.66. The molecular weight excluding hydrogens is 319 g/mol. The van der Waals surface area contributed by atoms with Gasteiger partial charge >= 0.3 is 0 Å². The van der Waals surface area contributed by atoms with E-state index in [1.807, 2.05) is 12.1 Å². The van der Waals surface area contributed by atoms with Gasteiger partial charge in [0.15, 0.2) is 0 Å². The van der Waals surface area contributed by atoms with Crippen LogP contribution in [0.2, 0.25) is 0 Å². The lowest BCUT2D eigenvalue weighted by Gasteiger charge is -2.26. The summed E-state index contributed by atoms with van der Waals surface area (Å²) in [5, 5.41) is 10.3. The molecule has 2 aromatic rings. The third-order valence-electron chi connectivity index (χ3n) is 4.08. The maximum absolute atomic E-state index is 13.8. The fourth-order valence-corrected chi connectivity index (χ4v) is 2.97. The first-order valence-corrected chi connectivity index (χ1v) is 7.67. The molecule has 0 bridgehead atoms. The van der Waals surface area contributed by atoms with Crippen LogP contribution in [0.4, 0.5) is 4.39 Å². The van der Waals surface area contributed by atoms with E-state index in [4.69, 9.17) is 0 Å². The molecule has 1 N–H and O–H groups in total. The summed E-state index contributed by atoms with van der Waals surface area (Å²) in [5.41, 5.74) is 2.35. The van der Waals surface area contributed by atoms with Crippen molar-refractivity contribution in [3.8, 4) is 0 Å². The molecule has 1 fully saturated rings. The normalized spacial score (nSPS) is 16.8. The van der Waals surface area contributed by atoms with E-state index in [2.05, 4.69) is 28.1 Å². The van der Waals surface area contributed by atoms with Crippen LogP contribution in [-0.4, -0.2) is 5.11 Å². The van der Waals surface area contributed by atoms with Gasteiger partial charge in [-0.3, -0.25) is 0 Å². The molecule has 0 spiro atoms. The first-order chi connectivity index (χ1) is 9.65. The quantitative estimate of drug-likeness (QED) is 0.843. The molecule has 1 saturated carbocycles. The van der Waals surface area contributed by atoms with Gasteiger partial charge in [0.25, 0.3) is 0 Å². The van der Waals surface area contributed by atoms with Gasteiger partial charge in [-0.1, -0.05) is 46.6 Å². The van der Waals surface area contributed by atoms with Crippen LogP contribution >= 0.6 is 15.9 Å². The molecule has 1 aliphatic rings. The molecule has 20 heavy (non-hydrogen) atoms. The van der Waals surface area contributed by atoms with Crippen LogP contribution < -0.4 is 0 Å². The summed E-state index contributed by atoms with van der Waals surface area (Å²) in [6.45, 7) is 0. The van der Waals surface area contributed by atoms with Crippen molar-refractivity contribution in [1.82, 2.24) is 0 Å². The molecule has 0 heterocycles. The molecule has 2 aromatic carbocycles. The first kappa shape index (κ1) is 13.8. The van der Waals surface area contributed by atoms with Crippen LogP contribution in [0, 0.1) is 5.82 Å². The molecule has 1 nitrogen and oxygen atoms in total. The van der Waals surface area contributed by atoms with Crippen molar-refractivity contribution in [3.63, 3.8) is 0 Å². The summed E-state index contributed by atoms with van der Waals surface area (Å²) >= 11 is 3.31. The van der Waals surface area contributed by atoms with Gasteiger partial charge in [-0.2, -0.15) is 0 Å². The van der Waals surface area contributed by atoms with E-state index >= 15 is 0 Å². The van der Waals surface area contributed by atoms with E-state index in [1.165, 1.54) is 30.9 Å². The second-order valence-corrected chi connectivity index (χ2v) is 6.28. The number of aliphatic hydroxyl groups is 1. The number of hydrogen-bond acceptors (Lipinski definition) is 1. The molecule has 0 radical (unpaired) electrons. The van der Waals surface area contributed by atoms with Gasteiger partial charge in [-0.05, 0) is 48.1 Å². The highest BCUT2D eigenvalue weighted by molar-refractivity contribution is 9.10. The van der Waals surface area contributed by atoms with Crippen LogP contribution in [0.3, 0.4) is 0 Å². The van der Waals surface area contributed by atoms with E-state index < -0.39 is 6.10 Å². The monoisotopic (exact) mass is 334 g/mol. The summed E-state index contributed by atoms with van der Waals surface area (Å²) in [4.78, 5) is 0. The third kappa shape index (κ3) is 2.65. The Balaban J connectivity index is 1.85. The topological polar surface area (TPSA) is 20.2 Å². The highest BCUT2D eigenvalue weighted by Gasteiger charge is 2.20. The smallest absolute Gasteiger partial charge is 0.129 e. The Morgan fingerprint density at radius 2 is 1.80 bits per heavy atom. The van der Waals surface area contributed by atoms with Crippen molar-refractivity contribution in [2.24, 2.45) is 0 Å². The molecular formula is C17H16BrFO. The fraction of sp³-hybridized carbons (Fsp3) is 0.294. The average molecular weight is 335 g/mol. The van der Waals surface area contributed by atoms with E-state index in [1.54, 1.807) is 12.1 Å². The molecule has 1 atom stereocenters. The van der Waals surface area contributed by atoms with E-state index in [0.29, 0.717) is 11.5 Å². The highest BCUT2D eigenvalue weighted by atomic mass is 79.9. The highest BCUT2D eigenvalue weighted by Crippen LogP contribution is 2.37. The summed E-state index contributed by atoms with van der Waals surface area (Å²) in [7, 11) is 0. The number of hydrogen-bond donors (Lipinski definition) is 1. The van der Waals surface area contributed by atoms with Crippen LogP contribution in [0.1, 0.15) is 48.0 Å². The Morgan fingerprint density at radius 1 is 1.10 bits per heavy atom. The lowest BCUT2D eigenvalue weighted by molar-refractivity contribution is 0.215. The molecule has 104 valence electrons. The van der Waals surface area contributed by atoms with Crippen molar-refractivity contribution >= 4 is 15.9 Å². The Hall–Kier alpha value is -1.19. The van der Waals surface area contributed by atoms with E-state index in [-0.39, 0.29) is 5.82 Å². The second-order valence-electron chi connectivity index (χ2n) is 5.36. The van der Waals surface area contributed by atoms with Gasteiger partial charge in [0.2, 0.25) is 0 Å². The SMILES string of the molecule is OC(c1ccc(C2CCC2)cc1)c1cc(Br)ccc1F. The molecule has 3 rings (SSSR count). The maximum atomic E-state index is 13.8. The maximum Gasteiger partial charge on any atom is 0.129 e. The van der Waals surface area contributed by atoms with Gasteiger partial charge in [0.1, 0.15) is 11.9 Å². The zero-order chi connectivity index (χ0) is 14.1. The molecule has 3 heteroatoms. The van der Waals surface area contributed by atoms with Crippen molar-refractivity contribution in [3.05, 3.63) is 69.4 Å². The predicted octanol–water partition coefficient (Wildman–Crippen LogP) is 4.94. The molecule has 1 unspecified atom stereocenters. The minimum atomic E-state index is -0.928. The minimum absolute atomic E-state index is 0.302. The summed E-state index contributed by atoms with van der Waals surface area (Å²) in [6.07, 6.45) is 2.88. The third-order valence-corrected chi connectivity index (χ3v) is 4.57. The number of halogens is 2. The molecule has 1 aliphatic carbocycles. The Morgan fingerprint density at radius 3 is 2.40 bits per heavy atom. The Labute approximate surface area is 126 Å². The standard InChI is InChI=1S/C17H16BrFO/c18-14-8-9-16(19)15(10-14)17(20)13-6-4-12(5-7-13)11-2-1-3-11/h4-11,17,20H,1-3H2. The first-order valence-electron chi connectivity index (χ1n) is 6.88. The van der Waals surface area contributed by atoms with Crippen LogP contribution in [0.5, 0.6) is 0 Å². The van der Waals surface area contributed by atoms with Crippen LogP contribution in [0.15, 0.2) is 46.9 Å². The Kier molecular flexibility index (Phi) is 3.90. The summed E-state index contributed by atoms with van der Waals surface area (Å²) < 4.78 is 14.6. The minimum Gasteiger partial charge on any atom is -0.384 e. The van der Waals surface area contributed by atoms with Gasteiger partial charge < -0.3 is 5.11 Å². The molecule has 0 amide bonds. The predicted molar refractivity (Wildman–Crippen MR) is 81.2 cm³/mol. The van der Waals surface area contributed by atoms with E-state index in [0.717, 1.165) is 10.0 Å². The van der Waals surface area contributed by atoms with Crippen LogP contribution in [0.25, 0.3) is 0 Å². The number of rotatable bonds is 3. The van der Waals surface area contributed by atoms with Gasteiger partial charge in [-0.25, -0.2) is 4.39 Å². The zero-order valence-corrected chi connectivity index (χ0v) is 12.6. The summed E-state index contributed by atoms with van der Waals surface area (Å²) in [5.74, 6) is 0.285. The summed E-state index contributed by atoms with van der Waals surface area (Å²) in [6, 6.07) is 12.5. The van der Waals surface area contributed by atoms with Crippen LogP contribution in [-0.2, 0) is 0 Å². The number of benzene rings is 2. The molecule has 0 aliphatic heterocycles. The van der Waals surface area contributed by atoms with Crippen molar-refractivity contribution in [1.29, 1.82) is 0 Å². The lowest BCUT2D eigenvalue weighted by Crippen LogP contribution is -2.09. The van der Waals surface area contributed by atoms with Crippen molar-refractivity contribution in [2.75, 3.05) is 0 Å². The Bertz CT molecular complexity index is 605. The van der Waals surface area contributed by atoms with Crippen molar-refractivity contribution < 1.29 is 9.50 Å². The molecule has 0 saturated heterocycles. The molecule has 0 aromatic heterocycles. The van der Waals surface area contributed by atoms with E-state index in [9.17, 15) is 9.50 Å². The lowest BCUT2D eigenvalue weighted by atomic mass is 9.80. The zero-order valence-electron chi connectivity index (χ0n) is 11.0. The van der Waals surface area contributed by atoms with Gasteiger partial charge in [0, 0.05) is 10.0 Å². The van der Waals surface area contributed by atoms with Crippen molar-refractivity contribution in [2.45, 2.75) is 31.3 Å². The van der Waals surface area contributed by atoms with Gasteiger partial charge in [-0.15, -0.1) is 0 Å². The van der Waals surface area contributed by atoms with Gasteiger partial charge in [0.05, 0.1) is 0 Å². The largest absolute Gasteiger partial charge is 0.384 e. The number of aliphatic hydroxyl groups excluding tert-OH is 1. The fourth-order valence-electron chi connectivity index (χ4n) is 2.60.